The van der Waals surface area contributed by atoms with Gasteiger partial charge in [-0.15, -0.1) is 0 Å². The first-order valence-electron chi connectivity index (χ1n) is 16.5. The van der Waals surface area contributed by atoms with E-state index in [9.17, 15) is 4.79 Å². The fraction of sp³-hybridized carbons (Fsp3) is 0.444. The first-order valence-corrected chi connectivity index (χ1v) is 16.5. The summed E-state index contributed by atoms with van der Waals surface area (Å²) in [5.74, 6) is -0.188. The monoisotopic (exact) mass is 635 g/mol. The summed E-state index contributed by atoms with van der Waals surface area (Å²) in [6.45, 7) is 11.7. The van der Waals surface area contributed by atoms with E-state index < -0.39 is 30.3 Å². The molecule has 0 spiro atoms. The number of amides is 1. The quantitative estimate of drug-likeness (QED) is 0.223. The lowest BCUT2D eigenvalue weighted by Crippen LogP contribution is -2.43. The highest BCUT2D eigenvalue weighted by Gasteiger charge is 2.58. The highest BCUT2D eigenvalue weighted by atomic mass is 16.8. The number of nitrogens with zero attached hydrogens (tertiary/aromatic N) is 5. The van der Waals surface area contributed by atoms with Crippen molar-refractivity contribution in [3.63, 3.8) is 0 Å². The summed E-state index contributed by atoms with van der Waals surface area (Å²) in [6.07, 6.45) is 5.03. The Kier molecular flexibility index (Phi) is 7.31. The number of nitrogens with one attached hydrogen (secondary N) is 2. The number of rotatable bonds is 9. The first kappa shape index (κ1) is 30.0. The third-order valence-electron chi connectivity index (χ3n) is 9.62. The van der Waals surface area contributed by atoms with Crippen LogP contribution in [0.2, 0.25) is 0 Å². The van der Waals surface area contributed by atoms with Gasteiger partial charge < -0.3 is 29.4 Å². The van der Waals surface area contributed by atoms with Crippen LogP contribution in [0.5, 0.6) is 0 Å². The molecule has 1 amide bonds. The van der Waals surface area contributed by atoms with Crippen molar-refractivity contribution in [3.05, 3.63) is 83.6 Å². The van der Waals surface area contributed by atoms with Crippen LogP contribution in [0.4, 0.5) is 5.82 Å². The maximum atomic E-state index is 13.1. The topological polar surface area (TPSA) is 117 Å². The molecule has 2 aliphatic heterocycles. The van der Waals surface area contributed by atoms with Crippen LogP contribution >= 0.6 is 0 Å². The lowest BCUT2D eigenvalue weighted by Gasteiger charge is -2.24. The van der Waals surface area contributed by atoms with E-state index in [0.29, 0.717) is 23.5 Å². The molecule has 3 aliphatic rings. The number of carbonyl (C=O) groups excluding carboxylic acids is 1. The average molecular weight is 636 g/mol. The Morgan fingerprint density at radius 2 is 1.87 bits per heavy atom. The normalized spacial score (nSPS) is 24.1. The molecular formula is C36H41N7O4. The third-order valence-corrected chi connectivity index (χ3v) is 9.62. The van der Waals surface area contributed by atoms with E-state index in [1.165, 1.54) is 39.5 Å². The molecule has 2 N–H and O–H groups in total. The third kappa shape index (κ3) is 5.56. The molecule has 1 aliphatic carbocycles. The van der Waals surface area contributed by atoms with E-state index in [2.05, 4.69) is 94.6 Å². The van der Waals surface area contributed by atoms with E-state index in [4.69, 9.17) is 19.2 Å². The molecule has 5 heterocycles. The number of carbonyl (C=O) groups is 1. The molecule has 3 fully saturated rings. The number of hydrogen-bond acceptors (Lipinski definition) is 8. The highest BCUT2D eigenvalue weighted by Crippen LogP contribution is 2.44. The fourth-order valence-corrected chi connectivity index (χ4v) is 7.00. The van der Waals surface area contributed by atoms with Crippen LogP contribution in [-0.4, -0.2) is 66.7 Å². The molecule has 2 saturated heterocycles. The molecule has 47 heavy (non-hydrogen) atoms. The Morgan fingerprint density at radius 1 is 1.06 bits per heavy atom. The van der Waals surface area contributed by atoms with Gasteiger partial charge >= 0.3 is 0 Å². The number of aromatic nitrogens is 5. The van der Waals surface area contributed by atoms with Crippen molar-refractivity contribution in [1.29, 1.82) is 0 Å². The number of hydrogen-bond donors (Lipinski definition) is 2. The Morgan fingerprint density at radius 3 is 2.70 bits per heavy atom. The van der Waals surface area contributed by atoms with Gasteiger partial charge in [-0.25, -0.2) is 15.0 Å². The molecule has 3 aromatic heterocycles. The number of aryl methyl sites for hydroxylation is 2. The summed E-state index contributed by atoms with van der Waals surface area (Å²) >= 11 is 0. The van der Waals surface area contributed by atoms with Crippen LogP contribution in [-0.2, 0) is 25.5 Å². The number of benzene rings is 2. The summed E-state index contributed by atoms with van der Waals surface area (Å²) in [5.41, 5.74) is 7.61. The van der Waals surface area contributed by atoms with Crippen molar-refractivity contribution in [2.45, 2.75) is 96.3 Å². The van der Waals surface area contributed by atoms with Crippen molar-refractivity contribution >= 4 is 33.8 Å². The highest BCUT2D eigenvalue weighted by molar-refractivity contribution is 5.86. The van der Waals surface area contributed by atoms with E-state index in [0.717, 1.165) is 19.4 Å². The second-order valence-electron chi connectivity index (χ2n) is 13.8. The summed E-state index contributed by atoms with van der Waals surface area (Å²) < 4.78 is 23.0. The average Bonchev–Trinajstić information content (AvgIpc) is 3.34. The molecule has 244 valence electrons. The van der Waals surface area contributed by atoms with Crippen molar-refractivity contribution in [2.24, 2.45) is 0 Å². The van der Waals surface area contributed by atoms with Crippen LogP contribution < -0.4 is 10.6 Å². The van der Waals surface area contributed by atoms with E-state index in [1.54, 1.807) is 6.33 Å². The van der Waals surface area contributed by atoms with E-state index >= 15 is 0 Å². The summed E-state index contributed by atoms with van der Waals surface area (Å²) in [6, 6.07) is 15.5. The van der Waals surface area contributed by atoms with Gasteiger partial charge in [0.2, 0.25) is 0 Å². The zero-order chi connectivity index (χ0) is 32.4. The molecule has 11 nitrogen and oxygen atoms in total. The molecule has 2 aromatic carbocycles. The van der Waals surface area contributed by atoms with Gasteiger partial charge in [-0.1, -0.05) is 48.9 Å². The minimum atomic E-state index is -0.842. The van der Waals surface area contributed by atoms with Crippen molar-refractivity contribution < 1.29 is 19.0 Å². The molecule has 1 unspecified atom stereocenters. The molecule has 5 aromatic rings. The van der Waals surface area contributed by atoms with Gasteiger partial charge in [-0.05, 0) is 63.3 Å². The van der Waals surface area contributed by atoms with Gasteiger partial charge in [0.25, 0.3) is 5.91 Å². The van der Waals surface area contributed by atoms with Gasteiger partial charge in [-0.2, -0.15) is 0 Å². The van der Waals surface area contributed by atoms with Crippen LogP contribution in [0.3, 0.4) is 0 Å². The lowest BCUT2D eigenvalue weighted by atomic mass is 10.0. The molecular weight excluding hydrogens is 594 g/mol. The maximum absolute atomic E-state index is 13.1. The zero-order valence-electron chi connectivity index (χ0n) is 27.4. The second kappa shape index (κ2) is 11.4. The molecule has 11 heteroatoms. The SMILES string of the molecule is Cc1ccc(C)c(Cn2cc(C(C)CNc3ncnc4c3ncn4[C@@H]3O[C@H](C(=O)NC4CC4)[C@H]4OC(C)(C)O[C@H]43)c3ccccc32)c1. The lowest BCUT2D eigenvalue weighted by molar-refractivity contribution is -0.197. The summed E-state index contributed by atoms with van der Waals surface area (Å²) in [5, 5.41) is 7.85. The van der Waals surface area contributed by atoms with Gasteiger partial charge in [-0.3, -0.25) is 9.36 Å². The number of para-hydroxylation sites is 1. The van der Waals surface area contributed by atoms with Crippen LogP contribution in [0.1, 0.15) is 68.0 Å². The van der Waals surface area contributed by atoms with Crippen molar-refractivity contribution in [2.75, 3.05) is 11.9 Å². The number of anilines is 1. The van der Waals surface area contributed by atoms with Crippen molar-refractivity contribution in [3.8, 4) is 0 Å². The van der Waals surface area contributed by atoms with Crippen LogP contribution in [0, 0.1) is 13.8 Å². The Bertz CT molecular complexity index is 1980. The Hall–Kier alpha value is -4.32. The predicted molar refractivity (Wildman–Crippen MR) is 178 cm³/mol. The molecule has 1 saturated carbocycles. The number of fused-ring (bicyclic) bond motifs is 3. The Balaban J connectivity index is 1.03. The van der Waals surface area contributed by atoms with Gasteiger partial charge in [0.15, 0.2) is 35.1 Å². The summed E-state index contributed by atoms with van der Waals surface area (Å²) in [7, 11) is 0. The van der Waals surface area contributed by atoms with Gasteiger partial charge in [0.05, 0.1) is 6.33 Å². The minimum absolute atomic E-state index is 0.169. The zero-order valence-corrected chi connectivity index (χ0v) is 27.4. The van der Waals surface area contributed by atoms with E-state index in [-0.39, 0.29) is 17.9 Å². The van der Waals surface area contributed by atoms with Gasteiger partial charge in [0.1, 0.15) is 18.5 Å². The molecule has 8 rings (SSSR count). The second-order valence-corrected chi connectivity index (χ2v) is 13.8. The predicted octanol–water partition coefficient (Wildman–Crippen LogP) is 5.36. The van der Waals surface area contributed by atoms with Gasteiger partial charge in [0, 0.05) is 42.1 Å². The molecule has 0 radical (unpaired) electrons. The van der Waals surface area contributed by atoms with Crippen LogP contribution in [0.25, 0.3) is 22.1 Å². The standard InChI is InChI=1S/C36H41N7O4/c1-20-10-11-21(2)23(14-20)16-42-17-26(25-8-6-7-9-27(25)42)22(3)15-37-32-28-33(39-18-38-32)43(19-40-28)35-31-29(46-36(4,5)47-31)30(45-35)34(44)41-24-12-13-24/h6-11,14,17-19,22,24,29-31,35H,12-13,15-16H2,1-5H3,(H,41,44)(H,37,38,39)/t22?,29-,30+,31-,35-/m1/s1. The number of imidazole rings is 1. The Labute approximate surface area is 273 Å². The largest absolute Gasteiger partial charge is 0.368 e. The molecule has 5 atom stereocenters. The maximum Gasteiger partial charge on any atom is 0.252 e. The summed E-state index contributed by atoms with van der Waals surface area (Å²) in [4.78, 5) is 27.0. The smallest absolute Gasteiger partial charge is 0.252 e. The number of ether oxygens (including phenoxy) is 3. The minimum Gasteiger partial charge on any atom is -0.368 e. The van der Waals surface area contributed by atoms with Crippen LogP contribution in [0.15, 0.2) is 61.3 Å². The van der Waals surface area contributed by atoms with Crippen molar-refractivity contribution in [1.82, 2.24) is 29.4 Å². The van der Waals surface area contributed by atoms with E-state index in [1.807, 2.05) is 18.4 Å². The first-order chi connectivity index (χ1) is 22.6. The fourth-order valence-electron chi connectivity index (χ4n) is 7.00. The molecule has 0 bridgehead atoms.